The number of nitrogens with one attached hydrogen (secondary N) is 1. The van der Waals surface area contributed by atoms with Gasteiger partial charge in [0.2, 0.25) is 0 Å². The number of carbonyl (C=O) groups excluding carboxylic acids is 1. The third kappa shape index (κ3) is 2.72. The lowest BCUT2D eigenvalue weighted by Crippen LogP contribution is -2.34. The molecule has 1 aromatic carbocycles. The monoisotopic (exact) mass is 310 g/mol. The number of rotatable bonds is 3. The summed E-state index contributed by atoms with van der Waals surface area (Å²) in [6.07, 6.45) is 0. The molecule has 2 rings (SSSR count). The summed E-state index contributed by atoms with van der Waals surface area (Å²) in [7, 11) is 0. The smallest absolute Gasteiger partial charge is 0.287 e. The van der Waals surface area contributed by atoms with Crippen LogP contribution in [0.3, 0.4) is 0 Å². The van der Waals surface area contributed by atoms with Crippen LogP contribution in [0.1, 0.15) is 25.3 Å². The number of aryl methyl sites for hydroxylation is 1. The van der Waals surface area contributed by atoms with Crippen molar-refractivity contribution in [2.75, 3.05) is 6.54 Å². The summed E-state index contributed by atoms with van der Waals surface area (Å²) >= 11 is 2.87. The van der Waals surface area contributed by atoms with Crippen molar-refractivity contribution in [2.45, 2.75) is 26.2 Å². The zero-order valence-electron chi connectivity index (χ0n) is 10.6. The minimum absolute atomic E-state index is 0.162. The van der Waals surface area contributed by atoms with Crippen molar-refractivity contribution in [1.29, 1.82) is 0 Å². The maximum Gasteiger partial charge on any atom is 0.287 e. The number of hydrogen-bond acceptors (Lipinski definition) is 3. The molecular weight excluding hydrogens is 296 g/mol. The molecule has 0 aliphatic rings. The van der Waals surface area contributed by atoms with E-state index >= 15 is 0 Å². The fourth-order valence-corrected chi connectivity index (χ4v) is 2.00. The number of nitrogens with zero attached hydrogens (tertiary/aromatic N) is 1. The Bertz CT molecular complexity index is 590. The van der Waals surface area contributed by atoms with E-state index in [4.69, 9.17) is 4.42 Å². The van der Waals surface area contributed by atoms with E-state index in [2.05, 4.69) is 40.1 Å². The summed E-state index contributed by atoms with van der Waals surface area (Å²) in [5.74, 6) is 0.661. The van der Waals surface area contributed by atoms with Gasteiger partial charge in [-0.1, -0.05) is 19.9 Å². The molecule has 1 amide bonds. The van der Waals surface area contributed by atoms with E-state index in [0.29, 0.717) is 12.4 Å². The summed E-state index contributed by atoms with van der Waals surface area (Å²) in [5, 5.41) is 2.77. The molecule has 0 saturated carbocycles. The number of oxazole rings is 1. The molecule has 0 radical (unpaired) electrons. The summed E-state index contributed by atoms with van der Waals surface area (Å²) in [6.45, 7) is 6.53. The van der Waals surface area contributed by atoms with Crippen LogP contribution in [0.4, 0.5) is 4.79 Å². The Kier molecular flexibility index (Phi) is 3.43. The maximum absolute atomic E-state index is 10.9. The molecule has 0 aliphatic heterocycles. The van der Waals surface area contributed by atoms with E-state index in [1.165, 1.54) is 0 Å². The summed E-state index contributed by atoms with van der Waals surface area (Å²) < 4.78 is 5.45. The summed E-state index contributed by atoms with van der Waals surface area (Å²) in [6, 6.07) is 5.93. The molecular formula is C13H15BrN2O2. The van der Waals surface area contributed by atoms with Gasteiger partial charge >= 0.3 is 0 Å². The number of fused-ring (bicyclic) bond motifs is 1. The fraction of sp³-hybridized carbons (Fsp3) is 0.385. The number of aromatic nitrogens is 1. The molecule has 0 bridgehead atoms. The Morgan fingerprint density at radius 3 is 2.89 bits per heavy atom. The zero-order chi connectivity index (χ0) is 13.3. The van der Waals surface area contributed by atoms with Crippen molar-refractivity contribution >= 4 is 31.8 Å². The van der Waals surface area contributed by atoms with Gasteiger partial charge in [-0.2, -0.15) is 0 Å². The Hall–Kier alpha value is -1.36. The Labute approximate surface area is 114 Å². The van der Waals surface area contributed by atoms with Crippen LogP contribution >= 0.6 is 15.9 Å². The van der Waals surface area contributed by atoms with Crippen molar-refractivity contribution in [2.24, 2.45) is 0 Å². The molecule has 2 aromatic rings. The van der Waals surface area contributed by atoms with Crippen LogP contribution in [0.2, 0.25) is 0 Å². The minimum Gasteiger partial charge on any atom is -0.441 e. The van der Waals surface area contributed by atoms with Crippen molar-refractivity contribution in [3.8, 4) is 0 Å². The number of halogens is 1. The molecule has 0 spiro atoms. The first-order valence-electron chi connectivity index (χ1n) is 5.69. The van der Waals surface area contributed by atoms with Gasteiger partial charge in [0.05, 0.1) is 0 Å². The average molecular weight is 311 g/mol. The van der Waals surface area contributed by atoms with E-state index in [1.54, 1.807) is 0 Å². The molecule has 1 heterocycles. The van der Waals surface area contributed by atoms with Crippen molar-refractivity contribution in [1.82, 2.24) is 10.3 Å². The molecule has 4 nitrogen and oxygen atoms in total. The largest absolute Gasteiger partial charge is 0.441 e. The van der Waals surface area contributed by atoms with E-state index < -0.39 is 0 Å². The lowest BCUT2D eigenvalue weighted by Gasteiger charge is -2.25. The van der Waals surface area contributed by atoms with Gasteiger partial charge in [-0.05, 0) is 17.7 Å². The highest BCUT2D eigenvalue weighted by atomic mass is 79.9. The first kappa shape index (κ1) is 13.1. The second kappa shape index (κ2) is 4.72. The van der Waals surface area contributed by atoms with Gasteiger partial charge in [-0.25, -0.2) is 4.98 Å². The predicted molar refractivity (Wildman–Crippen MR) is 74.1 cm³/mol. The average Bonchev–Trinajstić information content (AvgIpc) is 2.65. The van der Waals surface area contributed by atoms with Gasteiger partial charge in [0.1, 0.15) is 5.52 Å². The fourth-order valence-electron chi connectivity index (χ4n) is 1.86. The van der Waals surface area contributed by atoms with Crippen LogP contribution in [0.5, 0.6) is 0 Å². The number of carbonyl (C=O) groups is 1. The highest BCUT2D eigenvalue weighted by Crippen LogP contribution is 2.26. The summed E-state index contributed by atoms with van der Waals surface area (Å²) in [4.78, 5) is 15.0. The second-order valence-corrected chi connectivity index (χ2v) is 5.65. The number of hydrogen-bond donors (Lipinski definition) is 1. The number of benzene rings is 1. The standard InChI is InChI=1S/C13H15BrN2O2/c1-8-16-10-6-9(4-5-11(10)18-8)13(2,3)7-15-12(14)17/h4-6H,7H2,1-3H3,(H,15,17). The molecule has 96 valence electrons. The van der Waals surface area contributed by atoms with Gasteiger partial charge in [-0.3, -0.25) is 4.79 Å². The van der Waals surface area contributed by atoms with Crippen molar-refractivity contribution in [3.63, 3.8) is 0 Å². The molecule has 0 aliphatic carbocycles. The third-order valence-electron chi connectivity index (χ3n) is 2.95. The maximum atomic E-state index is 10.9. The predicted octanol–water partition coefficient (Wildman–Crippen LogP) is 3.52. The van der Waals surface area contributed by atoms with Crippen LogP contribution in [-0.2, 0) is 5.41 Å². The van der Waals surface area contributed by atoms with E-state index in [0.717, 1.165) is 16.7 Å². The van der Waals surface area contributed by atoms with Gasteiger partial charge < -0.3 is 9.73 Å². The second-order valence-electron chi connectivity index (χ2n) is 4.93. The van der Waals surface area contributed by atoms with E-state index in [-0.39, 0.29) is 10.2 Å². The van der Waals surface area contributed by atoms with Crippen LogP contribution in [0.15, 0.2) is 22.6 Å². The molecule has 5 heteroatoms. The van der Waals surface area contributed by atoms with Crippen LogP contribution in [0.25, 0.3) is 11.1 Å². The molecule has 18 heavy (non-hydrogen) atoms. The first-order chi connectivity index (χ1) is 8.38. The Morgan fingerprint density at radius 2 is 2.22 bits per heavy atom. The summed E-state index contributed by atoms with van der Waals surface area (Å²) in [5.41, 5.74) is 2.59. The van der Waals surface area contributed by atoms with Gasteiger partial charge in [0.25, 0.3) is 4.82 Å². The minimum atomic E-state index is -0.200. The van der Waals surface area contributed by atoms with Crippen molar-refractivity contribution < 1.29 is 9.21 Å². The third-order valence-corrected chi connectivity index (χ3v) is 3.23. The lowest BCUT2D eigenvalue weighted by molar-refractivity contribution is 0.259. The molecule has 1 N–H and O–H groups in total. The highest BCUT2D eigenvalue weighted by molar-refractivity contribution is 9.18. The van der Waals surface area contributed by atoms with Gasteiger partial charge in [0, 0.05) is 34.8 Å². The Morgan fingerprint density at radius 1 is 1.50 bits per heavy atom. The zero-order valence-corrected chi connectivity index (χ0v) is 12.2. The highest BCUT2D eigenvalue weighted by Gasteiger charge is 2.22. The van der Waals surface area contributed by atoms with Gasteiger partial charge in [0.15, 0.2) is 11.5 Å². The van der Waals surface area contributed by atoms with Crippen LogP contribution in [0, 0.1) is 6.92 Å². The van der Waals surface area contributed by atoms with Crippen molar-refractivity contribution in [3.05, 3.63) is 29.7 Å². The number of amides is 1. The van der Waals surface area contributed by atoms with E-state index in [9.17, 15) is 4.79 Å². The Balaban J connectivity index is 2.31. The normalized spacial score (nSPS) is 11.8. The topological polar surface area (TPSA) is 55.1 Å². The molecule has 0 unspecified atom stereocenters. The van der Waals surface area contributed by atoms with Gasteiger partial charge in [-0.15, -0.1) is 0 Å². The molecule has 1 aromatic heterocycles. The quantitative estimate of drug-likeness (QED) is 0.697. The first-order valence-corrected chi connectivity index (χ1v) is 6.49. The van der Waals surface area contributed by atoms with Crippen LogP contribution < -0.4 is 5.32 Å². The molecule has 0 atom stereocenters. The molecule has 0 saturated heterocycles. The van der Waals surface area contributed by atoms with Crippen LogP contribution in [-0.4, -0.2) is 16.3 Å². The SMILES string of the molecule is Cc1nc2cc(C(C)(C)CNC(=O)Br)ccc2o1. The van der Waals surface area contributed by atoms with E-state index in [1.807, 2.05) is 25.1 Å². The molecule has 0 fully saturated rings. The lowest BCUT2D eigenvalue weighted by atomic mass is 9.84.